The summed E-state index contributed by atoms with van der Waals surface area (Å²) in [5, 5.41) is 0. The smallest absolute Gasteiger partial charge is 0.195 e. The van der Waals surface area contributed by atoms with Gasteiger partial charge in [-0.05, 0) is 20.3 Å². The molecule has 0 amide bonds. The van der Waals surface area contributed by atoms with Crippen LogP contribution in [0.1, 0.15) is 20.3 Å². The Morgan fingerprint density at radius 1 is 1.28 bits per heavy atom. The number of halogens is 4. The van der Waals surface area contributed by atoms with Gasteiger partial charge in [0.2, 0.25) is 0 Å². The molecule has 4 nitrogen and oxygen atoms in total. The van der Waals surface area contributed by atoms with E-state index in [0.29, 0.717) is 10.7 Å². The Hall–Kier alpha value is -0.0500. The molecule has 0 atom stereocenters. The lowest BCUT2D eigenvalue weighted by molar-refractivity contribution is -0.138. The first-order valence-electron chi connectivity index (χ1n) is 5.38. The van der Waals surface area contributed by atoms with E-state index in [2.05, 4.69) is 0 Å². The van der Waals surface area contributed by atoms with Crippen molar-refractivity contribution in [1.29, 1.82) is 0 Å². The normalized spacial score (nSPS) is 13.9. The molecular formula is C9H18ClF3N2O2S. The van der Waals surface area contributed by atoms with Crippen molar-refractivity contribution < 1.29 is 21.6 Å². The Bertz CT molecular complexity index is 346. The molecule has 0 bridgehead atoms. The van der Waals surface area contributed by atoms with E-state index >= 15 is 0 Å². The fourth-order valence-electron chi connectivity index (χ4n) is 1.28. The number of hydrogen-bond donors (Lipinski definition) is 0. The molecular weight excluding hydrogens is 293 g/mol. The van der Waals surface area contributed by atoms with Gasteiger partial charge in [0.25, 0.3) is 10.2 Å². The van der Waals surface area contributed by atoms with Crippen LogP contribution >= 0.6 is 11.6 Å². The molecule has 0 spiro atoms. The Labute approximate surface area is 111 Å². The molecule has 0 aliphatic carbocycles. The lowest BCUT2D eigenvalue weighted by Gasteiger charge is -2.30. The molecule has 0 radical (unpaired) electrons. The third-order valence-electron chi connectivity index (χ3n) is 2.21. The zero-order valence-electron chi connectivity index (χ0n) is 10.5. The van der Waals surface area contributed by atoms with Crippen LogP contribution < -0.4 is 0 Å². The largest absolute Gasteiger partial charge is 0.402 e. The Morgan fingerprint density at radius 2 is 1.78 bits per heavy atom. The molecule has 18 heavy (non-hydrogen) atoms. The van der Waals surface area contributed by atoms with Crippen LogP contribution in [-0.4, -0.2) is 55.3 Å². The molecule has 0 aromatic carbocycles. The summed E-state index contributed by atoms with van der Waals surface area (Å²) >= 11 is 5.43. The van der Waals surface area contributed by atoms with Gasteiger partial charge in [-0.15, -0.1) is 11.6 Å². The first-order valence-corrected chi connectivity index (χ1v) is 7.31. The van der Waals surface area contributed by atoms with E-state index in [0.717, 1.165) is 4.31 Å². The molecule has 0 fully saturated rings. The minimum atomic E-state index is -4.56. The lowest BCUT2D eigenvalue weighted by Crippen LogP contribution is -2.49. The van der Waals surface area contributed by atoms with Crippen molar-refractivity contribution in [3.63, 3.8) is 0 Å². The first kappa shape index (κ1) is 17.9. The Morgan fingerprint density at radius 3 is 2.11 bits per heavy atom. The third-order valence-corrected chi connectivity index (χ3v) is 4.59. The fourth-order valence-corrected chi connectivity index (χ4v) is 2.96. The zero-order chi connectivity index (χ0) is 14.6. The first-order chi connectivity index (χ1) is 8.02. The maximum Gasteiger partial charge on any atom is 0.402 e. The Kier molecular flexibility index (Phi) is 6.91. The van der Waals surface area contributed by atoms with Gasteiger partial charge in [-0.1, -0.05) is 0 Å². The monoisotopic (exact) mass is 310 g/mol. The molecule has 0 rings (SSSR count). The van der Waals surface area contributed by atoms with Crippen molar-refractivity contribution in [1.82, 2.24) is 8.61 Å². The second kappa shape index (κ2) is 6.93. The highest BCUT2D eigenvalue weighted by Gasteiger charge is 2.39. The van der Waals surface area contributed by atoms with Gasteiger partial charge in [0.05, 0.1) is 0 Å². The van der Waals surface area contributed by atoms with Crippen LogP contribution in [0.15, 0.2) is 0 Å². The predicted octanol–water partition coefficient (Wildman–Crippen LogP) is 2.06. The van der Waals surface area contributed by atoms with Crippen LogP contribution in [0, 0.1) is 0 Å². The highest BCUT2D eigenvalue weighted by molar-refractivity contribution is 7.86. The van der Waals surface area contributed by atoms with Crippen molar-refractivity contribution in [2.45, 2.75) is 32.5 Å². The van der Waals surface area contributed by atoms with Gasteiger partial charge in [0, 0.05) is 25.5 Å². The average Bonchev–Trinajstić information content (AvgIpc) is 2.20. The molecule has 0 aliphatic heterocycles. The quantitative estimate of drug-likeness (QED) is 0.675. The van der Waals surface area contributed by atoms with Gasteiger partial charge in [0.1, 0.15) is 6.54 Å². The molecule has 0 aromatic heterocycles. The van der Waals surface area contributed by atoms with E-state index in [1.807, 2.05) is 0 Å². The van der Waals surface area contributed by atoms with Crippen molar-refractivity contribution in [2.75, 3.05) is 26.0 Å². The second-order valence-corrected chi connectivity index (χ2v) is 6.49. The van der Waals surface area contributed by atoms with Crippen LogP contribution in [0.2, 0.25) is 0 Å². The summed E-state index contributed by atoms with van der Waals surface area (Å²) in [6, 6.07) is -0.768. The zero-order valence-corrected chi connectivity index (χ0v) is 12.1. The molecule has 0 heterocycles. The van der Waals surface area contributed by atoms with E-state index in [1.54, 1.807) is 0 Å². The van der Waals surface area contributed by atoms with Gasteiger partial charge >= 0.3 is 6.18 Å². The van der Waals surface area contributed by atoms with E-state index in [1.165, 1.54) is 20.9 Å². The summed E-state index contributed by atoms with van der Waals surface area (Å²) in [4.78, 5) is 0. The minimum absolute atomic E-state index is 0.0902. The van der Waals surface area contributed by atoms with Gasteiger partial charge < -0.3 is 0 Å². The number of hydrogen-bond acceptors (Lipinski definition) is 2. The number of nitrogens with zero attached hydrogens (tertiary/aromatic N) is 2. The highest BCUT2D eigenvalue weighted by Crippen LogP contribution is 2.21. The van der Waals surface area contributed by atoms with Crippen LogP contribution in [0.5, 0.6) is 0 Å². The standard InChI is InChI=1S/C9H18ClF3N2O2S/c1-8(2)15(7-9(11,12)13)18(16,17)14(3)6-4-5-10/h8H,4-7H2,1-3H3. The Balaban J connectivity index is 4.99. The molecule has 0 aromatic rings. The molecule has 110 valence electrons. The number of rotatable bonds is 7. The summed E-state index contributed by atoms with van der Waals surface area (Å²) in [5.41, 5.74) is 0. The van der Waals surface area contributed by atoms with Gasteiger partial charge in [-0.25, -0.2) is 0 Å². The second-order valence-electron chi connectivity index (χ2n) is 4.13. The molecule has 9 heteroatoms. The van der Waals surface area contributed by atoms with E-state index in [-0.39, 0.29) is 12.4 Å². The van der Waals surface area contributed by atoms with Crippen molar-refractivity contribution >= 4 is 21.8 Å². The van der Waals surface area contributed by atoms with E-state index in [9.17, 15) is 21.6 Å². The highest BCUT2D eigenvalue weighted by atomic mass is 35.5. The maximum absolute atomic E-state index is 12.4. The van der Waals surface area contributed by atoms with Crippen LogP contribution in [0.4, 0.5) is 13.2 Å². The summed E-state index contributed by atoms with van der Waals surface area (Å²) in [5.74, 6) is 0.251. The van der Waals surface area contributed by atoms with Gasteiger partial charge in [-0.2, -0.15) is 30.2 Å². The van der Waals surface area contributed by atoms with Crippen molar-refractivity contribution in [3.8, 4) is 0 Å². The van der Waals surface area contributed by atoms with E-state index < -0.39 is 29.0 Å². The molecule has 0 saturated carbocycles. The third kappa shape index (κ3) is 5.73. The van der Waals surface area contributed by atoms with Crippen LogP contribution in [-0.2, 0) is 10.2 Å². The predicted molar refractivity (Wildman–Crippen MR) is 64.8 cm³/mol. The summed E-state index contributed by atoms with van der Waals surface area (Å²) in [7, 11) is -2.87. The van der Waals surface area contributed by atoms with Gasteiger partial charge in [-0.3, -0.25) is 0 Å². The maximum atomic E-state index is 12.4. The molecule has 0 N–H and O–H groups in total. The van der Waals surface area contributed by atoms with E-state index in [4.69, 9.17) is 11.6 Å². The van der Waals surface area contributed by atoms with Crippen molar-refractivity contribution in [2.24, 2.45) is 0 Å². The minimum Gasteiger partial charge on any atom is -0.195 e. The topological polar surface area (TPSA) is 40.6 Å². The summed E-state index contributed by atoms with van der Waals surface area (Å²) < 4.78 is 62.3. The molecule has 0 saturated heterocycles. The van der Waals surface area contributed by atoms with Crippen molar-refractivity contribution in [3.05, 3.63) is 0 Å². The average molecular weight is 311 g/mol. The summed E-state index contributed by atoms with van der Waals surface area (Å²) in [6.07, 6.45) is -4.18. The molecule has 0 aliphatic rings. The molecule has 0 unspecified atom stereocenters. The van der Waals surface area contributed by atoms with Gasteiger partial charge in [0.15, 0.2) is 0 Å². The SMILES string of the molecule is CC(C)N(CC(F)(F)F)S(=O)(=O)N(C)CCCCl. The lowest BCUT2D eigenvalue weighted by atomic mass is 10.4. The summed E-state index contributed by atoms with van der Waals surface area (Å²) in [6.45, 7) is 1.41. The van der Waals surface area contributed by atoms with Crippen LogP contribution in [0.25, 0.3) is 0 Å². The van der Waals surface area contributed by atoms with Crippen LogP contribution in [0.3, 0.4) is 0 Å². The fraction of sp³-hybridized carbons (Fsp3) is 1.00. The number of alkyl halides is 4.